The van der Waals surface area contributed by atoms with E-state index < -0.39 is 0 Å². The van der Waals surface area contributed by atoms with Crippen LogP contribution in [0.1, 0.15) is 43.6 Å². The van der Waals surface area contributed by atoms with Crippen molar-refractivity contribution in [3.05, 3.63) is 41.7 Å². The van der Waals surface area contributed by atoms with Crippen LogP contribution in [0, 0.1) is 0 Å². The van der Waals surface area contributed by atoms with Gasteiger partial charge in [0.05, 0.1) is 18.3 Å². The zero-order valence-corrected chi connectivity index (χ0v) is 16.5. The van der Waals surface area contributed by atoms with Crippen molar-refractivity contribution >= 4 is 17.7 Å². The smallest absolute Gasteiger partial charge is 0.230 e. The van der Waals surface area contributed by atoms with Gasteiger partial charge in [0.25, 0.3) is 0 Å². The van der Waals surface area contributed by atoms with Crippen LogP contribution >= 0.6 is 11.8 Å². The summed E-state index contributed by atoms with van der Waals surface area (Å²) in [6.45, 7) is 2.86. The van der Waals surface area contributed by atoms with Gasteiger partial charge in [0.2, 0.25) is 5.91 Å². The molecular weight excluding hydrogens is 346 g/mol. The summed E-state index contributed by atoms with van der Waals surface area (Å²) in [5, 5.41) is 12.7. The van der Waals surface area contributed by atoms with Crippen molar-refractivity contribution in [1.82, 2.24) is 25.0 Å². The van der Waals surface area contributed by atoms with Gasteiger partial charge in [0.1, 0.15) is 0 Å². The van der Waals surface area contributed by atoms with E-state index in [4.69, 9.17) is 0 Å². The van der Waals surface area contributed by atoms with Crippen LogP contribution in [0.2, 0.25) is 0 Å². The number of hydrogen-bond donors (Lipinski definition) is 1. The molecule has 0 bridgehead atoms. The first kappa shape index (κ1) is 18.9. The molecule has 26 heavy (non-hydrogen) atoms. The van der Waals surface area contributed by atoms with E-state index >= 15 is 0 Å². The van der Waals surface area contributed by atoms with Crippen LogP contribution in [-0.2, 0) is 11.3 Å². The molecule has 6 nitrogen and oxygen atoms in total. The third kappa shape index (κ3) is 4.86. The lowest BCUT2D eigenvalue weighted by Crippen LogP contribution is -2.27. The third-order valence-electron chi connectivity index (χ3n) is 4.51. The summed E-state index contributed by atoms with van der Waals surface area (Å²) in [5.41, 5.74) is 1.20. The fourth-order valence-electron chi connectivity index (χ4n) is 2.97. The molecule has 1 aliphatic rings. The minimum Gasteiger partial charge on any atom is -0.353 e. The standard InChI is InChI=1S/C19H27N5OS/c1-4-16(23(2)3)18-21-22-19(26-13-17(25)20-15-10-11-15)24(18)12-14-8-6-5-7-9-14/h5-9,15-16H,4,10-13H2,1-3H3,(H,20,25)/t16-/m0/s1. The zero-order valence-electron chi connectivity index (χ0n) is 15.7. The Balaban J connectivity index is 1.80. The molecule has 0 saturated heterocycles. The van der Waals surface area contributed by atoms with Crippen LogP contribution in [0.25, 0.3) is 0 Å². The molecule has 0 aliphatic heterocycles. The Labute approximate surface area is 159 Å². The highest BCUT2D eigenvalue weighted by molar-refractivity contribution is 7.99. The van der Waals surface area contributed by atoms with Gasteiger partial charge in [-0.05, 0) is 38.9 Å². The van der Waals surface area contributed by atoms with Gasteiger partial charge in [-0.25, -0.2) is 0 Å². The second kappa shape index (κ2) is 8.68. The SMILES string of the molecule is CC[C@@H](c1nnc(SCC(=O)NC2CC2)n1Cc1ccccc1)N(C)C. The molecular formula is C19H27N5OS. The van der Waals surface area contributed by atoms with Crippen LogP contribution in [0.4, 0.5) is 0 Å². The monoisotopic (exact) mass is 373 g/mol. The van der Waals surface area contributed by atoms with Crippen LogP contribution < -0.4 is 5.32 Å². The van der Waals surface area contributed by atoms with Crippen LogP contribution in [0.15, 0.2) is 35.5 Å². The van der Waals surface area contributed by atoms with Crippen molar-refractivity contribution in [2.75, 3.05) is 19.8 Å². The number of carbonyl (C=O) groups is 1. The van der Waals surface area contributed by atoms with Gasteiger partial charge in [-0.15, -0.1) is 10.2 Å². The van der Waals surface area contributed by atoms with E-state index in [0.717, 1.165) is 30.2 Å². The minimum atomic E-state index is 0.0768. The third-order valence-corrected chi connectivity index (χ3v) is 5.48. The van der Waals surface area contributed by atoms with Gasteiger partial charge in [0, 0.05) is 6.04 Å². The summed E-state index contributed by atoms with van der Waals surface area (Å²) in [6, 6.07) is 10.9. The quantitative estimate of drug-likeness (QED) is 0.685. The van der Waals surface area contributed by atoms with E-state index in [0.29, 0.717) is 18.3 Å². The average molecular weight is 374 g/mol. The number of amides is 1. The van der Waals surface area contributed by atoms with Crippen LogP contribution in [-0.4, -0.2) is 51.5 Å². The van der Waals surface area contributed by atoms with E-state index in [1.54, 1.807) is 0 Å². The molecule has 1 N–H and O–H groups in total. The molecule has 1 aromatic carbocycles. The van der Waals surface area contributed by atoms with Crippen molar-refractivity contribution in [3.63, 3.8) is 0 Å². The first-order chi connectivity index (χ1) is 12.6. The molecule has 3 rings (SSSR count). The van der Waals surface area contributed by atoms with Gasteiger partial charge < -0.3 is 9.88 Å². The molecule has 0 spiro atoms. The summed E-state index contributed by atoms with van der Waals surface area (Å²) in [7, 11) is 4.12. The lowest BCUT2D eigenvalue weighted by Gasteiger charge is -2.23. The molecule has 1 saturated carbocycles. The second-order valence-electron chi connectivity index (χ2n) is 6.93. The highest BCUT2D eigenvalue weighted by atomic mass is 32.2. The zero-order chi connectivity index (χ0) is 18.5. The van der Waals surface area contributed by atoms with E-state index in [-0.39, 0.29) is 11.9 Å². The lowest BCUT2D eigenvalue weighted by atomic mass is 10.2. The Bertz CT molecular complexity index is 727. The normalized spacial score (nSPS) is 15.2. The Morgan fingerprint density at radius 3 is 2.65 bits per heavy atom. The van der Waals surface area contributed by atoms with Crippen molar-refractivity contribution < 1.29 is 4.79 Å². The Kier molecular flexibility index (Phi) is 6.32. The molecule has 0 radical (unpaired) electrons. The highest BCUT2D eigenvalue weighted by Gasteiger charge is 2.25. The number of aromatic nitrogens is 3. The van der Waals surface area contributed by atoms with Crippen LogP contribution in [0.5, 0.6) is 0 Å². The van der Waals surface area contributed by atoms with Gasteiger partial charge in [-0.2, -0.15) is 0 Å². The molecule has 1 fully saturated rings. The van der Waals surface area contributed by atoms with E-state index in [1.807, 2.05) is 18.2 Å². The molecule has 1 heterocycles. The molecule has 1 amide bonds. The van der Waals surface area contributed by atoms with E-state index in [9.17, 15) is 4.79 Å². The first-order valence-electron chi connectivity index (χ1n) is 9.14. The minimum absolute atomic E-state index is 0.0768. The van der Waals surface area contributed by atoms with E-state index in [1.165, 1.54) is 17.3 Å². The first-order valence-corrected chi connectivity index (χ1v) is 10.1. The molecule has 1 aromatic heterocycles. The average Bonchev–Trinajstić information content (AvgIpc) is 3.36. The summed E-state index contributed by atoms with van der Waals surface area (Å²) >= 11 is 1.46. The van der Waals surface area contributed by atoms with Gasteiger partial charge in [-0.1, -0.05) is 49.0 Å². The van der Waals surface area contributed by atoms with Gasteiger partial charge >= 0.3 is 0 Å². The number of carbonyl (C=O) groups excluding carboxylic acids is 1. The number of hydrogen-bond acceptors (Lipinski definition) is 5. The Hall–Kier alpha value is -1.86. The fourth-order valence-corrected chi connectivity index (χ4v) is 3.73. The largest absolute Gasteiger partial charge is 0.353 e. The maximum absolute atomic E-state index is 12.0. The number of nitrogens with one attached hydrogen (secondary N) is 1. The number of benzene rings is 1. The fraction of sp³-hybridized carbons (Fsp3) is 0.526. The molecule has 1 atom stereocenters. The Morgan fingerprint density at radius 2 is 2.04 bits per heavy atom. The molecule has 7 heteroatoms. The molecule has 140 valence electrons. The van der Waals surface area contributed by atoms with Crippen molar-refractivity contribution in [1.29, 1.82) is 0 Å². The predicted molar refractivity (Wildman–Crippen MR) is 104 cm³/mol. The summed E-state index contributed by atoms with van der Waals surface area (Å²) in [6.07, 6.45) is 3.16. The predicted octanol–water partition coefficient (Wildman–Crippen LogP) is 2.71. The number of nitrogens with zero attached hydrogens (tertiary/aromatic N) is 4. The summed E-state index contributed by atoms with van der Waals surface area (Å²) in [5.74, 6) is 1.40. The molecule has 2 aromatic rings. The van der Waals surface area contributed by atoms with Crippen LogP contribution in [0.3, 0.4) is 0 Å². The topological polar surface area (TPSA) is 63.1 Å². The highest BCUT2D eigenvalue weighted by Crippen LogP contribution is 2.26. The van der Waals surface area contributed by atoms with Crippen molar-refractivity contribution in [3.8, 4) is 0 Å². The number of rotatable bonds is 9. The van der Waals surface area contributed by atoms with Gasteiger partial charge in [-0.3, -0.25) is 9.69 Å². The Morgan fingerprint density at radius 1 is 1.31 bits per heavy atom. The maximum atomic E-state index is 12.0. The summed E-state index contributed by atoms with van der Waals surface area (Å²) in [4.78, 5) is 14.2. The van der Waals surface area contributed by atoms with E-state index in [2.05, 4.69) is 58.1 Å². The van der Waals surface area contributed by atoms with Crippen molar-refractivity contribution in [2.45, 2.75) is 50.0 Å². The number of thioether (sulfide) groups is 1. The summed E-state index contributed by atoms with van der Waals surface area (Å²) < 4.78 is 2.15. The molecule has 0 unspecified atom stereocenters. The molecule has 1 aliphatic carbocycles. The van der Waals surface area contributed by atoms with Gasteiger partial charge in [0.15, 0.2) is 11.0 Å². The second-order valence-corrected chi connectivity index (χ2v) is 7.87. The maximum Gasteiger partial charge on any atom is 0.230 e. The van der Waals surface area contributed by atoms with Crippen molar-refractivity contribution in [2.24, 2.45) is 0 Å². The lowest BCUT2D eigenvalue weighted by molar-refractivity contribution is -0.118.